The third kappa shape index (κ3) is 6.49. The van der Waals surface area contributed by atoms with Gasteiger partial charge < -0.3 is 26.6 Å². The zero-order chi connectivity index (χ0) is 18.5. The maximum Gasteiger partial charge on any atom is 0.507 e. The fourth-order valence-corrected chi connectivity index (χ4v) is 10.9. The van der Waals surface area contributed by atoms with Crippen molar-refractivity contribution in [3.8, 4) is 0 Å². The summed E-state index contributed by atoms with van der Waals surface area (Å²) >= 11 is 0. The van der Waals surface area contributed by atoms with Gasteiger partial charge in [-0.15, -0.1) is 0 Å². The van der Waals surface area contributed by atoms with Crippen LogP contribution >= 0.6 is 0 Å². The van der Waals surface area contributed by atoms with Crippen molar-refractivity contribution in [1.29, 1.82) is 0 Å². The van der Waals surface area contributed by atoms with Gasteiger partial charge in [0.1, 0.15) is 0 Å². The Balaban J connectivity index is 4.94. The number of rotatable bonds is 16. The summed E-state index contributed by atoms with van der Waals surface area (Å²) < 4.78 is 34.3. The van der Waals surface area contributed by atoms with E-state index >= 15 is 0 Å². The normalized spacial score (nSPS) is 13.0. The highest BCUT2D eigenvalue weighted by atomic mass is 28.5. The highest BCUT2D eigenvalue weighted by Crippen LogP contribution is 2.39. The highest BCUT2D eigenvalue weighted by Gasteiger charge is 2.63. The van der Waals surface area contributed by atoms with Crippen molar-refractivity contribution >= 4 is 17.6 Å². The molecule has 0 aromatic carbocycles. The molecule has 0 aromatic heterocycles. The number of unbranched alkanes of at least 4 members (excludes halogenated alkanes) is 6. The minimum atomic E-state index is -2.94. The smallest absolute Gasteiger partial charge is 0.377 e. The number of hydrogen-bond acceptors (Lipinski definition) is 6. The molecule has 0 unspecified atom stereocenters. The van der Waals surface area contributed by atoms with Gasteiger partial charge in [-0.2, -0.15) is 0 Å². The van der Waals surface area contributed by atoms with Crippen LogP contribution in [0.25, 0.3) is 0 Å². The van der Waals surface area contributed by atoms with E-state index in [4.69, 9.17) is 26.6 Å². The molecule has 146 valence electrons. The van der Waals surface area contributed by atoms with Gasteiger partial charge in [-0.25, -0.2) is 0 Å². The maximum absolute atomic E-state index is 5.71. The van der Waals surface area contributed by atoms with Crippen LogP contribution in [0.2, 0.25) is 5.16 Å². The summed E-state index contributed by atoms with van der Waals surface area (Å²) in [4.78, 5) is 0. The second-order valence-corrected chi connectivity index (χ2v) is 12.7. The average molecular weight is 383 g/mol. The lowest BCUT2D eigenvalue weighted by Gasteiger charge is -2.39. The minimum Gasteiger partial charge on any atom is -0.377 e. The van der Waals surface area contributed by atoms with Crippen molar-refractivity contribution in [1.82, 2.24) is 0 Å². The van der Waals surface area contributed by atoms with Gasteiger partial charge in [0.05, 0.1) is 5.16 Å². The zero-order valence-electron chi connectivity index (χ0n) is 16.7. The lowest BCUT2D eigenvalue weighted by atomic mass is 10.1. The Morgan fingerprint density at radius 1 is 0.542 bits per heavy atom. The first-order chi connectivity index (χ1) is 11.6. The molecule has 0 aliphatic carbocycles. The Kier molecular flexibility index (Phi) is 13.5. The Bertz CT molecular complexity index is 262. The van der Waals surface area contributed by atoms with Crippen molar-refractivity contribution in [3.63, 3.8) is 0 Å². The molecule has 6 nitrogen and oxygen atoms in total. The minimum absolute atomic E-state index is 0.138. The molecular formula is C16H38O6Si2. The standard InChI is InChI=1S/C16H38O6Si2/c1-8-9-10-11-12-13-14-15-16(23(17-2,18-3)19-4)24(20-5,21-6)22-7/h16H,8-15H2,1-7H3. The molecule has 0 aliphatic heterocycles. The largest absolute Gasteiger partial charge is 0.507 e. The van der Waals surface area contributed by atoms with Gasteiger partial charge in [-0.05, 0) is 6.42 Å². The van der Waals surface area contributed by atoms with Crippen LogP contribution in [0.15, 0.2) is 0 Å². The Labute approximate surface area is 150 Å². The van der Waals surface area contributed by atoms with Crippen LogP contribution in [-0.4, -0.2) is 60.3 Å². The van der Waals surface area contributed by atoms with Gasteiger partial charge in [0, 0.05) is 42.7 Å². The molecule has 0 atom stereocenters. The third-order valence-corrected chi connectivity index (χ3v) is 12.5. The van der Waals surface area contributed by atoms with E-state index in [-0.39, 0.29) is 5.16 Å². The number of hydrogen-bond donors (Lipinski definition) is 0. The molecule has 8 heteroatoms. The van der Waals surface area contributed by atoms with E-state index in [1.54, 1.807) is 42.7 Å². The first-order valence-corrected chi connectivity index (χ1v) is 12.5. The fourth-order valence-electron chi connectivity index (χ4n) is 3.23. The topological polar surface area (TPSA) is 55.4 Å². The molecule has 0 amide bonds. The van der Waals surface area contributed by atoms with Crippen LogP contribution in [0.5, 0.6) is 0 Å². The van der Waals surface area contributed by atoms with Gasteiger partial charge in [0.2, 0.25) is 0 Å². The second-order valence-electron chi connectivity index (χ2n) is 5.89. The molecule has 0 rings (SSSR count). The molecule has 0 radical (unpaired) electrons. The summed E-state index contributed by atoms with van der Waals surface area (Å²) in [5, 5.41) is -0.138. The molecule has 0 spiro atoms. The summed E-state index contributed by atoms with van der Waals surface area (Å²) in [7, 11) is 3.85. The monoisotopic (exact) mass is 382 g/mol. The van der Waals surface area contributed by atoms with Crippen LogP contribution in [0.1, 0.15) is 58.3 Å². The molecule has 0 fully saturated rings. The molecule has 24 heavy (non-hydrogen) atoms. The van der Waals surface area contributed by atoms with E-state index in [2.05, 4.69) is 6.92 Å². The molecule has 0 saturated carbocycles. The highest BCUT2D eigenvalue weighted by molar-refractivity contribution is 6.82. The van der Waals surface area contributed by atoms with Gasteiger partial charge >= 0.3 is 17.6 Å². The van der Waals surface area contributed by atoms with Crippen molar-refractivity contribution < 1.29 is 26.6 Å². The van der Waals surface area contributed by atoms with E-state index in [9.17, 15) is 0 Å². The summed E-state index contributed by atoms with van der Waals surface area (Å²) in [6.45, 7) is 2.24. The maximum atomic E-state index is 5.71. The molecule has 0 heterocycles. The van der Waals surface area contributed by atoms with E-state index < -0.39 is 17.6 Å². The second kappa shape index (κ2) is 13.4. The quantitative estimate of drug-likeness (QED) is 0.299. The fraction of sp³-hybridized carbons (Fsp3) is 1.00. The van der Waals surface area contributed by atoms with Gasteiger partial charge in [-0.3, -0.25) is 0 Å². The van der Waals surface area contributed by atoms with E-state index in [0.29, 0.717) is 0 Å². The zero-order valence-corrected chi connectivity index (χ0v) is 18.7. The predicted octanol–water partition coefficient (Wildman–Crippen LogP) is 3.79. The summed E-state index contributed by atoms with van der Waals surface area (Å²) in [6, 6.07) is 0. The van der Waals surface area contributed by atoms with Crippen molar-refractivity contribution in [2.75, 3.05) is 42.7 Å². The summed E-state index contributed by atoms with van der Waals surface area (Å²) in [6.07, 6.45) is 9.52. The van der Waals surface area contributed by atoms with E-state index in [1.807, 2.05) is 0 Å². The van der Waals surface area contributed by atoms with Gasteiger partial charge in [0.25, 0.3) is 0 Å². The summed E-state index contributed by atoms with van der Waals surface area (Å²) in [5.74, 6) is 0. The van der Waals surface area contributed by atoms with Crippen LogP contribution < -0.4 is 0 Å². The third-order valence-electron chi connectivity index (χ3n) is 4.66. The predicted molar refractivity (Wildman–Crippen MR) is 99.9 cm³/mol. The Morgan fingerprint density at radius 3 is 1.21 bits per heavy atom. The molecule has 0 aliphatic rings. The Morgan fingerprint density at radius 2 is 0.875 bits per heavy atom. The van der Waals surface area contributed by atoms with Gasteiger partial charge in [0.15, 0.2) is 0 Å². The van der Waals surface area contributed by atoms with Crippen LogP contribution in [0.4, 0.5) is 0 Å². The van der Waals surface area contributed by atoms with Crippen LogP contribution in [0, 0.1) is 0 Å². The molecule has 0 N–H and O–H groups in total. The van der Waals surface area contributed by atoms with Crippen molar-refractivity contribution in [2.24, 2.45) is 0 Å². The first kappa shape index (κ1) is 24.2. The van der Waals surface area contributed by atoms with Crippen molar-refractivity contribution in [2.45, 2.75) is 63.5 Å². The molecule has 0 bridgehead atoms. The van der Waals surface area contributed by atoms with E-state index in [0.717, 1.165) is 12.8 Å². The SMILES string of the molecule is CCCCCCCCCC([Si](OC)(OC)OC)[Si](OC)(OC)OC. The van der Waals surface area contributed by atoms with Crippen molar-refractivity contribution in [3.05, 3.63) is 0 Å². The Hall–Kier alpha value is 0.194. The molecular weight excluding hydrogens is 344 g/mol. The lowest BCUT2D eigenvalue weighted by Crippen LogP contribution is -2.62. The average Bonchev–Trinajstić information content (AvgIpc) is 2.63. The first-order valence-electron chi connectivity index (χ1n) is 8.87. The van der Waals surface area contributed by atoms with Gasteiger partial charge in [-0.1, -0.05) is 51.9 Å². The lowest BCUT2D eigenvalue weighted by molar-refractivity contribution is 0.0778. The molecule has 0 saturated heterocycles. The summed E-state index contributed by atoms with van der Waals surface area (Å²) in [5.41, 5.74) is 0. The molecule has 0 aromatic rings. The van der Waals surface area contributed by atoms with Crippen LogP contribution in [0.3, 0.4) is 0 Å². The van der Waals surface area contributed by atoms with E-state index in [1.165, 1.54) is 38.5 Å². The van der Waals surface area contributed by atoms with Crippen LogP contribution in [-0.2, 0) is 26.6 Å².